The number of primary amides is 1. The average Bonchev–Trinajstić information content (AvgIpc) is 2.96. The third-order valence-corrected chi connectivity index (χ3v) is 7.76. The summed E-state index contributed by atoms with van der Waals surface area (Å²) in [7, 11) is -3.36. The van der Waals surface area contributed by atoms with Crippen LogP contribution in [-0.2, 0) is 16.6 Å². The molecule has 252 valence electrons. The summed E-state index contributed by atoms with van der Waals surface area (Å²) in [6.07, 6.45) is 5.71. The lowest BCUT2D eigenvalue weighted by Gasteiger charge is -2.38. The molecule has 0 atom stereocenters. The van der Waals surface area contributed by atoms with E-state index in [2.05, 4.69) is 19.9 Å². The van der Waals surface area contributed by atoms with Crippen molar-refractivity contribution in [1.82, 2.24) is 14.8 Å². The molecule has 16 heteroatoms. The Morgan fingerprint density at radius 3 is 2.26 bits per heavy atom. The first-order valence-electron chi connectivity index (χ1n) is 14.2. The molecular formula is C30H38Cl2F2N6O5S. The molecule has 3 amide bonds. The van der Waals surface area contributed by atoms with Crippen molar-refractivity contribution in [3.05, 3.63) is 77.6 Å². The second kappa shape index (κ2) is 17.3. The zero-order valence-electron chi connectivity index (χ0n) is 25.4. The number of pyridine rings is 1. The van der Waals surface area contributed by atoms with Crippen LogP contribution in [0.15, 0.2) is 54.7 Å². The smallest absolute Gasteiger partial charge is 0.322 e. The number of nitrogens with one attached hydrogen (secondary N) is 2. The second-order valence-electron chi connectivity index (χ2n) is 10.6. The van der Waals surface area contributed by atoms with E-state index in [-0.39, 0.29) is 36.5 Å². The van der Waals surface area contributed by atoms with Crippen molar-refractivity contribution in [3.8, 4) is 11.5 Å². The molecule has 4 N–H and O–H groups in total. The summed E-state index contributed by atoms with van der Waals surface area (Å²) < 4.78 is 59.2. The van der Waals surface area contributed by atoms with E-state index in [0.717, 1.165) is 30.9 Å². The highest BCUT2D eigenvalue weighted by atomic mass is 35.5. The van der Waals surface area contributed by atoms with Gasteiger partial charge in [0.15, 0.2) is 0 Å². The number of rotatable bonds is 12. The van der Waals surface area contributed by atoms with Crippen LogP contribution in [-0.4, -0.2) is 67.1 Å². The van der Waals surface area contributed by atoms with Crippen molar-refractivity contribution < 1.29 is 31.5 Å². The molecule has 46 heavy (non-hydrogen) atoms. The molecule has 0 unspecified atom stereocenters. The molecule has 0 saturated carbocycles. The number of hydrogen-bond acceptors (Lipinski definition) is 7. The Kier molecular flexibility index (Phi) is 14.4. The highest BCUT2D eigenvalue weighted by molar-refractivity contribution is 7.92. The van der Waals surface area contributed by atoms with Gasteiger partial charge in [-0.1, -0.05) is 13.3 Å². The molecule has 11 nitrogen and oxygen atoms in total. The fourth-order valence-corrected chi connectivity index (χ4v) is 5.49. The van der Waals surface area contributed by atoms with E-state index in [1.165, 1.54) is 0 Å². The Balaban J connectivity index is 0.00000368. The van der Waals surface area contributed by atoms with E-state index in [9.17, 15) is 26.8 Å². The van der Waals surface area contributed by atoms with Crippen LogP contribution < -0.4 is 20.5 Å². The van der Waals surface area contributed by atoms with Crippen LogP contribution in [0.25, 0.3) is 0 Å². The summed E-state index contributed by atoms with van der Waals surface area (Å²) in [5.74, 6) is -2.06. The molecule has 0 radical (unpaired) electrons. The lowest BCUT2D eigenvalue weighted by Crippen LogP contribution is -2.49. The van der Waals surface area contributed by atoms with Crippen LogP contribution in [0.3, 0.4) is 0 Å². The predicted molar refractivity (Wildman–Crippen MR) is 178 cm³/mol. The van der Waals surface area contributed by atoms with Gasteiger partial charge in [0.05, 0.1) is 29.4 Å². The number of carbonyl (C=O) groups excluding carboxylic acids is 2. The number of ether oxygens (including phenoxy) is 1. The number of halogens is 4. The molecule has 0 aliphatic carbocycles. The second-order valence-corrected chi connectivity index (χ2v) is 12.4. The van der Waals surface area contributed by atoms with Crippen LogP contribution in [0.4, 0.5) is 25.0 Å². The minimum Gasteiger partial charge on any atom is -0.456 e. The summed E-state index contributed by atoms with van der Waals surface area (Å²) in [6.45, 7) is 4.52. The third kappa shape index (κ3) is 11.0. The van der Waals surface area contributed by atoms with Gasteiger partial charge in [-0.2, -0.15) is 0 Å². The first kappa shape index (κ1) is 38.5. The number of unbranched alkanes of at least 4 members (excludes halogenated alkanes) is 1. The van der Waals surface area contributed by atoms with Crippen LogP contribution in [0.1, 0.15) is 48.7 Å². The maximum Gasteiger partial charge on any atom is 0.322 e. The normalized spacial score (nSPS) is 13.6. The van der Waals surface area contributed by atoms with Gasteiger partial charge in [-0.05, 0) is 61.7 Å². The van der Waals surface area contributed by atoms with Gasteiger partial charge in [0.2, 0.25) is 10.0 Å². The predicted octanol–water partition coefficient (Wildman–Crippen LogP) is 5.76. The van der Waals surface area contributed by atoms with Crippen molar-refractivity contribution >= 4 is 58.2 Å². The molecule has 1 saturated heterocycles. The summed E-state index contributed by atoms with van der Waals surface area (Å²) in [6, 6.07) is 11.1. The van der Waals surface area contributed by atoms with Crippen LogP contribution in [0.2, 0.25) is 0 Å². The van der Waals surface area contributed by atoms with E-state index in [4.69, 9.17) is 10.5 Å². The molecule has 1 aliphatic heterocycles. The summed E-state index contributed by atoms with van der Waals surface area (Å²) in [4.78, 5) is 33.1. The molecule has 1 aliphatic rings. The van der Waals surface area contributed by atoms with E-state index >= 15 is 0 Å². The number of nitrogens with zero attached hydrogens (tertiary/aromatic N) is 3. The number of nitrogens with two attached hydrogens (primary N) is 1. The number of piperidine rings is 1. The fraction of sp³-hybridized carbons (Fsp3) is 0.367. The van der Waals surface area contributed by atoms with Gasteiger partial charge in [0.1, 0.15) is 23.1 Å². The molecule has 1 aromatic heterocycles. The molecule has 2 heterocycles. The number of carbonyl (C=O) groups is 2. The first-order valence-corrected chi connectivity index (χ1v) is 16.1. The van der Waals surface area contributed by atoms with Crippen LogP contribution in [0.5, 0.6) is 11.5 Å². The molecule has 4 rings (SSSR count). The largest absolute Gasteiger partial charge is 0.456 e. The Bertz CT molecular complexity index is 1580. The van der Waals surface area contributed by atoms with E-state index in [0.29, 0.717) is 62.3 Å². The Labute approximate surface area is 279 Å². The SMILES string of the molecule is CCCCN(C(=O)Nc1cc(C(N)=O)c(F)cc1F)C1CCN(Cc2ccc(Oc3ccc(NS(C)(=O)=O)cc3)cn2)CC1.Cl.Cl. The van der Waals surface area contributed by atoms with Gasteiger partial charge in [-0.3, -0.25) is 19.4 Å². The highest BCUT2D eigenvalue weighted by Gasteiger charge is 2.29. The fourth-order valence-electron chi connectivity index (χ4n) is 4.92. The maximum absolute atomic E-state index is 14.4. The van der Waals surface area contributed by atoms with Gasteiger partial charge in [0.25, 0.3) is 5.91 Å². The monoisotopic (exact) mass is 702 g/mol. The number of urea groups is 1. The van der Waals surface area contributed by atoms with Crippen molar-refractivity contribution in [1.29, 1.82) is 0 Å². The number of likely N-dealkylation sites (tertiary alicyclic amines) is 1. The lowest BCUT2D eigenvalue weighted by molar-refractivity contribution is 0.0996. The number of amides is 3. The van der Waals surface area contributed by atoms with Gasteiger partial charge < -0.3 is 20.7 Å². The number of sulfonamides is 1. The van der Waals surface area contributed by atoms with E-state index in [1.54, 1.807) is 35.4 Å². The minimum atomic E-state index is -3.36. The molecule has 0 spiro atoms. The Morgan fingerprint density at radius 2 is 1.70 bits per heavy atom. The molecule has 2 aromatic carbocycles. The topological polar surface area (TPSA) is 147 Å². The minimum absolute atomic E-state index is 0. The van der Waals surface area contributed by atoms with Gasteiger partial charge in [0, 0.05) is 44.0 Å². The molecule has 3 aromatic rings. The zero-order valence-corrected chi connectivity index (χ0v) is 27.8. The lowest BCUT2D eigenvalue weighted by atomic mass is 10.0. The van der Waals surface area contributed by atoms with E-state index in [1.807, 2.05) is 19.1 Å². The highest BCUT2D eigenvalue weighted by Crippen LogP contribution is 2.25. The van der Waals surface area contributed by atoms with Gasteiger partial charge in [-0.25, -0.2) is 22.0 Å². The van der Waals surface area contributed by atoms with Crippen LogP contribution in [0, 0.1) is 11.6 Å². The van der Waals surface area contributed by atoms with E-state index < -0.39 is 39.2 Å². The van der Waals surface area contributed by atoms with Gasteiger partial charge in [-0.15, -0.1) is 24.8 Å². The van der Waals surface area contributed by atoms with Crippen molar-refractivity contribution in [2.24, 2.45) is 5.73 Å². The maximum atomic E-state index is 14.4. The third-order valence-electron chi connectivity index (χ3n) is 7.15. The average molecular weight is 704 g/mol. The summed E-state index contributed by atoms with van der Waals surface area (Å²) in [5, 5.41) is 2.50. The summed E-state index contributed by atoms with van der Waals surface area (Å²) in [5.41, 5.74) is 5.66. The quantitative estimate of drug-likeness (QED) is 0.217. The standard InChI is InChI=1S/C30H36F2N6O5S.2ClH/c1-3-4-13-38(30(40)35-28-16-25(29(33)39)26(31)17-27(28)32)22-11-14-37(15-12-22)19-21-7-10-24(18-34-21)43-23-8-5-20(6-9-23)36-44(2,41)42;;/h5-10,16-18,22,36H,3-4,11-15,19H2,1-2H3,(H2,33,39)(H,35,40);2*1H. The van der Waals surface area contributed by atoms with Crippen molar-refractivity contribution in [2.75, 3.05) is 35.9 Å². The molecule has 0 bridgehead atoms. The van der Waals surface area contributed by atoms with Crippen molar-refractivity contribution in [3.63, 3.8) is 0 Å². The van der Waals surface area contributed by atoms with Crippen LogP contribution >= 0.6 is 24.8 Å². The first-order chi connectivity index (χ1) is 20.9. The number of aromatic nitrogens is 1. The number of anilines is 2. The van der Waals surface area contributed by atoms with Gasteiger partial charge >= 0.3 is 6.03 Å². The number of hydrogen-bond donors (Lipinski definition) is 3. The number of benzene rings is 2. The molecule has 1 fully saturated rings. The Hall–Kier alpha value is -3.72. The molecular weight excluding hydrogens is 665 g/mol. The Morgan fingerprint density at radius 1 is 1.04 bits per heavy atom. The van der Waals surface area contributed by atoms with Crippen molar-refractivity contribution in [2.45, 2.75) is 45.2 Å². The zero-order chi connectivity index (χ0) is 31.9. The summed E-state index contributed by atoms with van der Waals surface area (Å²) >= 11 is 0.